The highest BCUT2D eigenvalue weighted by Gasteiger charge is 2.44. The zero-order chi connectivity index (χ0) is 27.1. The number of carbonyl (C=O) groups is 2. The topological polar surface area (TPSA) is 99.5 Å². The molecule has 0 spiro atoms. The van der Waals surface area contributed by atoms with E-state index in [4.69, 9.17) is 9.47 Å². The van der Waals surface area contributed by atoms with E-state index in [1.165, 1.54) is 10.1 Å². The van der Waals surface area contributed by atoms with Gasteiger partial charge in [-0.05, 0) is 105 Å². The smallest absolute Gasteiger partial charge is 0.338 e. The van der Waals surface area contributed by atoms with Crippen LogP contribution >= 0.6 is 0 Å². The fraction of sp³-hybridized carbons (Fsp3) is 0.714. The molecule has 1 aromatic rings. The van der Waals surface area contributed by atoms with Crippen molar-refractivity contribution in [2.75, 3.05) is 0 Å². The van der Waals surface area contributed by atoms with Crippen LogP contribution in [0.5, 0.6) is 0 Å². The molecular formula is C28H44N2O6. The average Bonchev–Trinajstić information content (AvgIpc) is 2.91. The van der Waals surface area contributed by atoms with Crippen LogP contribution in [0.2, 0.25) is 0 Å². The van der Waals surface area contributed by atoms with E-state index in [0.717, 1.165) is 0 Å². The molecular weight excluding hydrogens is 460 g/mol. The summed E-state index contributed by atoms with van der Waals surface area (Å²) in [5, 5.41) is 24.0. The van der Waals surface area contributed by atoms with E-state index in [-0.39, 0.29) is 12.2 Å². The Morgan fingerprint density at radius 3 is 1.28 bits per heavy atom. The van der Waals surface area contributed by atoms with Gasteiger partial charge in [0.15, 0.2) is 0 Å². The van der Waals surface area contributed by atoms with E-state index in [0.29, 0.717) is 49.7 Å². The van der Waals surface area contributed by atoms with Crippen LogP contribution in [-0.4, -0.2) is 66.8 Å². The largest absolute Gasteiger partial charge is 0.459 e. The maximum absolute atomic E-state index is 12.8. The Kier molecular flexibility index (Phi) is 7.97. The van der Waals surface area contributed by atoms with Crippen molar-refractivity contribution in [2.45, 2.75) is 128 Å². The van der Waals surface area contributed by atoms with Gasteiger partial charge >= 0.3 is 11.9 Å². The predicted molar refractivity (Wildman–Crippen MR) is 136 cm³/mol. The normalized spacial score (nSPS) is 27.9. The number of nitrogens with zero attached hydrogens (tertiary/aromatic N) is 2. The van der Waals surface area contributed by atoms with Crippen LogP contribution in [0.4, 0.5) is 0 Å². The second-order valence-corrected chi connectivity index (χ2v) is 13.0. The maximum Gasteiger partial charge on any atom is 0.338 e. The molecule has 8 nitrogen and oxygen atoms in total. The first-order chi connectivity index (χ1) is 16.4. The lowest BCUT2D eigenvalue weighted by Crippen LogP contribution is -2.52. The van der Waals surface area contributed by atoms with Crippen molar-refractivity contribution in [3.63, 3.8) is 0 Å². The standard InChI is InChI=1S/C28H44N2O6/c1-25(2)15-13-21(17-27(5,6)29(25)33)35-23(31)19-9-11-20(12-10-19)24(32)36-22-14-16-26(3,4)30(34)28(7,8)18-22/h9-12,21-22,33-34H,13-18H2,1-8H3. The Bertz CT molecular complexity index is 876. The molecule has 2 unspecified atom stereocenters. The van der Waals surface area contributed by atoms with Crippen LogP contribution in [0.1, 0.15) is 115 Å². The first-order valence-corrected chi connectivity index (χ1v) is 13.0. The molecule has 0 radical (unpaired) electrons. The summed E-state index contributed by atoms with van der Waals surface area (Å²) >= 11 is 0. The van der Waals surface area contributed by atoms with Crippen molar-refractivity contribution in [3.8, 4) is 0 Å². The van der Waals surface area contributed by atoms with E-state index in [1.807, 2.05) is 55.4 Å². The summed E-state index contributed by atoms with van der Waals surface area (Å²) in [5.74, 6) is -0.897. The van der Waals surface area contributed by atoms with Gasteiger partial charge in [-0.25, -0.2) is 9.59 Å². The number of hydrogen-bond acceptors (Lipinski definition) is 8. The molecule has 0 aliphatic carbocycles. The van der Waals surface area contributed by atoms with Gasteiger partial charge in [-0.15, -0.1) is 0 Å². The van der Waals surface area contributed by atoms with Crippen molar-refractivity contribution in [1.29, 1.82) is 0 Å². The van der Waals surface area contributed by atoms with Gasteiger partial charge in [0.05, 0.1) is 11.1 Å². The van der Waals surface area contributed by atoms with Gasteiger partial charge in [0.25, 0.3) is 0 Å². The number of hydrogen-bond donors (Lipinski definition) is 2. The van der Waals surface area contributed by atoms with Gasteiger partial charge in [0.1, 0.15) is 12.2 Å². The molecule has 202 valence electrons. The van der Waals surface area contributed by atoms with E-state index in [1.54, 1.807) is 24.3 Å². The SMILES string of the molecule is CC1(C)CCC(OC(=O)c2ccc(C(=O)OC3CCC(C)(C)N(O)C(C)(C)C3)cc2)CC(C)(C)N1O. The van der Waals surface area contributed by atoms with Crippen molar-refractivity contribution < 1.29 is 29.5 Å². The number of benzene rings is 1. The Balaban J connectivity index is 1.62. The lowest BCUT2D eigenvalue weighted by molar-refractivity contribution is -0.222. The minimum absolute atomic E-state index is 0.317. The molecule has 2 aliphatic rings. The number of ether oxygens (including phenoxy) is 2. The summed E-state index contributed by atoms with van der Waals surface area (Å²) in [6, 6.07) is 6.33. The molecule has 3 rings (SSSR count). The third-order valence-corrected chi connectivity index (χ3v) is 7.81. The highest BCUT2D eigenvalue weighted by atomic mass is 16.6. The molecule has 2 fully saturated rings. The summed E-state index contributed by atoms with van der Waals surface area (Å²) in [6.45, 7) is 15.7. The fourth-order valence-corrected chi connectivity index (χ4v) is 5.75. The zero-order valence-electron chi connectivity index (χ0n) is 23.1. The fourth-order valence-electron chi connectivity index (χ4n) is 5.75. The molecule has 2 aliphatic heterocycles. The minimum atomic E-state index is -0.534. The van der Waals surface area contributed by atoms with Crippen LogP contribution < -0.4 is 0 Å². The molecule has 0 bridgehead atoms. The van der Waals surface area contributed by atoms with Crippen molar-refractivity contribution >= 4 is 11.9 Å². The molecule has 1 aromatic carbocycles. The van der Waals surface area contributed by atoms with E-state index < -0.39 is 34.1 Å². The van der Waals surface area contributed by atoms with Gasteiger partial charge < -0.3 is 19.9 Å². The number of rotatable bonds is 4. The first kappa shape index (κ1) is 28.6. The summed E-state index contributed by atoms with van der Waals surface area (Å²) in [6.07, 6.45) is 3.10. The van der Waals surface area contributed by atoms with Crippen LogP contribution in [0.25, 0.3) is 0 Å². The van der Waals surface area contributed by atoms with Gasteiger partial charge in [-0.3, -0.25) is 0 Å². The highest BCUT2D eigenvalue weighted by molar-refractivity contribution is 5.93. The molecule has 2 atom stereocenters. The summed E-state index contributed by atoms with van der Waals surface area (Å²) in [4.78, 5) is 25.7. The second-order valence-electron chi connectivity index (χ2n) is 13.0. The molecule has 2 N–H and O–H groups in total. The summed E-state index contributed by atoms with van der Waals surface area (Å²) < 4.78 is 11.6. The average molecular weight is 505 g/mol. The summed E-state index contributed by atoms with van der Waals surface area (Å²) in [5.41, 5.74) is -1.17. The predicted octanol–water partition coefficient (Wildman–Crippen LogP) is 5.60. The van der Waals surface area contributed by atoms with Gasteiger partial charge in [0.2, 0.25) is 0 Å². The lowest BCUT2D eigenvalue weighted by Gasteiger charge is -2.42. The second kappa shape index (κ2) is 10.0. The third kappa shape index (κ3) is 6.28. The molecule has 2 saturated heterocycles. The zero-order valence-corrected chi connectivity index (χ0v) is 23.1. The number of esters is 2. The van der Waals surface area contributed by atoms with Crippen molar-refractivity contribution in [3.05, 3.63) is 35.4 Å². The van der Waals surface area contributed by atoms with Crippen LogP contribution in [0.15, 0.2) is 24.3 Å². The molecule has 0 amide bonds. The monoisotopic (exact) mass is 504 g/mol. The Hall–Kier alpha value is -2.00. The van der Waals surface area contributed by atoms with E-state index in [2.05, 4.69) is 0 Å². The summed E-state index contributed by atoms with van der Waals surface area (Å²) in [7, 11) is 0. The van der Waals surface area contributed by atoms with E-state index >= 15 is 0 Å². The Labute approximate surface area is 215 Å². The quantitative estimate of drug-likeness (QED) is 0.511. The Morgan fingerprint density at radius 1 is 0.667 bits per heavy atom. The molecule has 0 aromatic heterocycles. The number of hydroxylamine groups is 4. The van der Waals surface area contributed by atoms with Gasteiger partial charge in [-0.2, -0.15) is 10.1 Å². The third-order valence-electron chi connectivity index (χ3n) is 7.81. The van der Waals surface area contributed by atoms with Crippen molar-refractivity contribution in [2.24, 2.45) is 0 Å². The van der Waals surface area contributed by atoms with E-state index in [9.17, 15) is 20.0 Å². The van der Waals surface area contributed by atoms with Crippen LogP contribution in [-0.2, 0) is 9.47 Å². The van der Waals surface area contributed by atoms with Crippen molar-refractivity contribution in [1.82, 2.24) is 10.1 Å². The van der Waals surface area contributed by atoms with Crippen LogP contribution in [0, 0.1) is 0 Å². The molecule has 36 heavy (non-hydrogen) atoms. The minimum Gasteiger partial charge on any atom is -0.459 e. The number of carbonyl (C=O) groups excluding carboxylic acids is 2. The molecule has 2 heterocycles. The molecule has 0 saturated carbocycles. The van der Waals surface area contributed by atoms with Gasteiger partial charge in [0, 0.05) is 35.0 Å². The maximum atomic E-state index is 12.8. The Morgan fingerprint density at radius 2 is 0.972 bits per heavy atom. The first-order valence-electron chi connectivity index (χ1n) is 13.0. The van der Waals surface area contributed by atoms with Gasteiger partial charge in [-0.1, -0.05) is 0 Å². The van der Waals surface area contributed by atoms with Crippen LogP contribution in [0.3, 0.4) is 0 Å². The lowest BCUT2D eigenvalue weighted by atomic mass is 9.95. The highest BCUT2D eigenvalue weighted by Crippen LogP contribution is 2.37. The molecule has 8 heteroatoms.